The van der Waals surface area contributed by atoms with Crippen LogP contribution >= 0.6 is 11.3 Å². The molecule has 2 N–H and O–H groups in total. The molecule has 8 nitrogen and oxygen atoms in total. The van der Waals surface area contributed by atoms with Crippen LogP contribution in [-0.2, 0) is 19.1 Å². The van der Waals surface area contributed by atoms with Crippen molar-refractivity contribution >= 4 is 40.8 Å². The number of esters is 2. The number of halogens is 2. The minimum absolute atomic E-state index is 0.177. The SMILES string of the molecule is COC(=O)c1sccc1NC(=O)COC(=O)CNC(=O)c1ccc(F)cc1F. The minimum atomic E-state index is -1.08. The molecule has 1 heterocycles. The third-order valence-electron chi connectivity index (χ3n) is 3.24. The second-order valence-electron chi connectivity index (χ2n) is 5.17. The van der Waals surface area contributed by atoms with E-state index in [9.17, 15) is 28.0 Å². The summed E-state index contributed by atoms with van der Waals surface area (Å²) in [6.07, 6.45) is 0. The van der Waals surface area contributed by atoms with Gasteiger partial charge >= 0.3 is 11.9 Å². The molecule has 1 aromatic carbocycles. The Balaban J connectivity index is 1.79. The molecule has 11 heteroatoms. The molecule has 0 atom stereocenters. The Morgan fingerprint density at radius 3 is 2.57 bits per heavy atom. The molecule has 0 unspecified atom stereocenters. The molecular formula is C17H14F2N2O6S. The number of benzene rings is 1. The molecule has 2 amide bonds. The number of hydrogen-bond donors (Lipinski definition) is 2. The lowest BCUT2D eigenvalue weighted by atomic mass is 10.2. The van der Waals surface area contributed by atoms with Crippen LogP contribution < -0.4 is 10.6 Å². The number of rotatable bonds is 7. The number of anilines is 1. The Bertz CT molecular complexity index is 915. The fraction of sp³-hybridized carbons (Fsp3) is 0.176. The number of amides is 2. The van der Waals surface area contributed by atoms with Crippen molar-refractivity contribution in [2.45, 2.75) is 0 Å². The molecular weight excluding hydrogens is 398 g/mol. The van der Waals surface area contributed by atoms with Crippen LogP contribution in [-0.4, -0.2) is 44.0 Å². The average molecular weight is 412 g/mol. The molecule has 2 aromatic rings. The van der Waals surface area contributed by atoms with E-state index in [0.717, 1.165) is 23.5 Å². The van der Waals surface area contributed by atoms with Gasteiger partial charge in [0.2, 0.25) is 0 Å². The van der Waals surface area contributed by atoms with E-state index in [0.29, 0.717) is 6.07 Å². The Kier molecular flexibility index (Phi) is 7.15. The highest BCUT2D eigenvalue weighted by molar-refractivity contribution is 7.12. The predicted octanol–water partition coefficient (Wildman–Crippen LogP) is 1.72. The molecule has 2 rings (SSSR count). The van der Waals surface area contributed by atoms with E-state index < -0.39 is 54.1 Å². The van der Waals surface area contributed by atoms with E-state index in [4.69, 9.17) is 0 Å². The maximum Gasteiger partial charge on any atom is 0.350 e. The second kappa shape index (κ2) is 9.55. The van der Waals surface area contributed by atoms with Crippen LogP contribution in [0.25, 0.3) is 0 Å². The molecule has 148 valence electrons. The van der Waals surface area contributed by atoms with Crippen molar-refractivity contribution in [3.63, 3.8) is 0 Å². The van der Waals surface area contributed by atoms with Gasteiger partial charge in [-0.05, 0) is 23.6 Å². The van der Waals surface area contributed by atoms with Gasteiger partial charge < -0.3 is 20.1 Å². The average Bonchev–Trinajstić information content (AvgIpc) is 3.11. The summed E-state index contributed by atoms with van der Waals surface area (Å²) in [4.78, 5) is 46.9. The summed E-state index contributed by atoms with van der Waals surface area (Å²) in [6.45, 7) is -1.30. The molecule has 0 fully saturated rings. The molecule has 0 radical (unpaired) electrons. The third kappa shape index (κ3) is 5.58. The number of methoxy groups -OCH3 is 1. The van der Waals surface area contributed by atoms with Crippen LogP contribution in [0.4, 0.5) is 14.5 Å². The predicted molar refractivity (Wildman–Crippen MR) is 93.9 cm³/mol. The van der Waals surface area contributed by atoms with Gasteiger partial charge in [0.15, 0.2) is 6.61 Å². The second-order valence-corrected chi connectivity index (χ2v) is 6.09. The summed E-state index contributed by atoms with van der Waals surface area (Å²) < 4.78 is 35.5. The van der Waals surface area contributed by atoms with Crippen LogP contribution in [0.1, 0.15) is 20.0 Å². The Morgan fingerprint density at radius 1 is 1.14 bits per heavy atom. The molecule has 28 heavy (non-hydrogen) atoms. The summed E-state index contributed by atoms with van der Waals surface area (Å²) in [6, 6.07) is 3.84. The fourth-order valence-corrected chi connectivity index (χ4v) is 2.73. The molecule has 0 aliphatic heterocycles. The zero-order chi connectivity index (χ0) is 20.7. The van der Waals surface area contributed by atoms with Gasteiger partial charge in [0.1, 0.15) is 23.1 Å². The largest absolute Gasteiger partial charge is 0.465 e. The van der Waals surface area contributed by atoms with E-state index in [1.54, 1.807) is 5.38 Å². The van der Waals surface area contributed by atoms with E-state index in [-0.39, 0.29) is 10.6 Å². The quantitative estimate of drug-likeness (QED) is 0.670. The van der Waals surface area contributed by atoms with Gasteiger partial charge in [-0.25, -0.2) is 13.6 Å². The highest BCUT2D eigenvalue weighted by Crippen LogP contribution is 2.22. The Hall–Kier alpha value is -3.34. The molecule has 1 aromatic heterocycles. The lowest BCUT2D eigenvalue weighted by molar-refractivity contribution is -0.146. The van der Waals surface area contributed by atoms with Crippen LogP contribution in [0.3, 0.4) is 0 Å². The lowest BCUT2D eigenvalue weighted by Gasteiger charge is -2.08. The van der Waals surface area contributed by atoms with Gasteiger partial charge in [0.05, 0.1) is 18.4 Å². The summed E-state index contributed by atoms with van der Waals surface area (Å²) in [5.74, 6) is -5.17. The van der Waals surface area contributed by atoms with Crippen LogP contribution in [0.5, 0.6) is 0 Å². The minimum Gasteiger partial charge on any atom is -0.465 e. The van der Waals surface area contributed by atoms with Crippen LogP contribution in [0, 0.1) is 11.6 Å². The lowest BCUT2D eigenvalue weighted by Crippen LogP contribution is -2.32. The molecule has 0 aliphatic rings. The van der Waals surface area contributed by atoms with Gasteiger partial charge in [-0.1, -0.05) is 0 Å². The number of carbonyl (C=O) groups excluding carboxylic acids is 4. The molecule has 0 saturated heterocycles. The summed E-state index contributed by atoms with van der Waals surface area (Å²) in [7, 11) is 1.20. The van der Waals surface area contributed by atoms with Gasteiger partial charge in [-0.15, -0.1) is 11.3 Å². The maximum atomic E-state index is 13.5. The van der Waals surface area contributed by atoms with Crippen LogP contribution in [0.2, 0.25) is 0 Å². The summed E-state index contributed by atoms with van der Waals surface area (Å²) in [5.41, 5.74) is -0.238. The Morgan fingerprint density at radius 2 is 1.89 bits per heavy atom. The molecule has 0 saturated carbocycles. The first-order valence-corrected chi connectivity index (χ1v) is 8.54. The van der Waals surface area contributed by atoms with E-state index in [1.807, 2.05) is 0 Å². The topological polar surface area (TPSA) is 111 Å². The highest BCUT2D eigenvalue weighted by Gasteiger charge is 2.17. The first kappa shape index (κ1) is 21.0. The standard InChI is InChI=1S/C17H14F2N2O6S/c1-26-17(25)15-12(4-5-28-15)21-13(22)8-27-14(23)7-20-16(24)10-3-2-9(18)6-11(10)19/h2-6H,7-8H2,1H3,(H,20,24)(H,21,22). The zero-order valence-electron chi connectivity index (χ0n) is 14.4. The third-order valence-corrected chi connectivity index (χ3v) is 4.14. The number of carbonyl (C=O) groups is 4. The van der Waals surface area contributed by atoms with Gasteiger partial charge in [0.25, 0.3) is 11.8 Å². The summed E-state index contributed by atoms with van der Waals surface area (Å²) in [5, 5.41) is 6.05. The van der Waals surface area contributed by atoms with Crippen molar-refractivity contribution in [1.29, 1.82) is 0 Å². The highest BCUT2D eigenvalue weighted by atomic mass is 32.1. The van der Waals surface area contributed by atoms with E-state index >= 15 is 0 Å². The van der Waals surface area contributed by atoms with E-state index in [1.165, 1.54) is 13.2 Å². The number of ether oxygens (including phenoxy) is 2. The van der Waals surface area contributed by atoms with Gasteiger partial charge in [-0.2, -0.15) is 0 Å². The Labute approximate surface area is 161 Å². The van der Waals surface area contributed by atoms with Crippen molar-refractivity contribution < 1.29 is 37.4 Å². The van der Waals surface area contributed by atoms with Crippen molar-refractivity contribution in [1.82, 2.24) is 5.32 Å². The van der Waals surface area contributed by atoms with Crippen molar-refractivity contribution in [3.8, 4) is 0 Å². The maximum absolute atomic E-state index is 13.5. The first-order valence-electron chi connectivity index (χ1n) is 7.66. The van der Waals surface area contributed by atoms with Crippen LogP contribution in [0.15, 0.2) is 29.6 Å². The first-order chi connectivity index (χ1) is 13.3. The van der Waals surface area contributed by atoms with Crippen molar-refractivity contribution in [2.75, 3.05) is 25.6 Å². The molecule has 0 bridgehead atoms. The number of hydrogen-bond acceptors (Lipinski definition) is 7. The van der Waals surface area contributed by atoms with Crippen molar-refractivity contribution in [3.05, 3.63) is 51.7 Å². The molecule has 0 aliphatic carbocycles. The van der Waals surface area contributed by atoms with Gasteiger partial charge in [0, 0.05) is 6.07 Å². The number of nitrogens with one attached hydrogen (secondary N) is 2. The zero-order valence-corrected chi connectivity index (χ0v) is 15.2. The molecule has 0 spiro atoms. The fourth-order valence-electron chi connectivity index (χ4n) is 1.96. The monoisotopic (exact) mass is 412 g/mol. The van der Waals surface area contributed by atoms with E-state index in [2.05, 4.69) is 20.1 Å². The normalized spacial score (nSPS) is 10.1. The van der Waals surface area contributed by atoms with Crippen molar-refractivity contribution in [2.24, 2.45) is 0 Å². The summed E-state index contributed by atoms with van der Waals surface area (Å²) >= 11 is 1.06. The smallest absolute Gasteiger partial charge is 0.350 e. The number of thiophene rings is 1. The van der Waals surface area contributed by atoms with Gasteiger partial charge in [-0.3, -0.25) is 14.4 Å².